The Morgan fingerprint density at radius 2 is 1.97 bits per heavy atom. The van der Waals surface area contributed by atoms with Crippen molar-refractivity contribution in [2.75, 3.05) is 5.32 Å². The van der Waals surface area contributed by atoms with Crippen molar-refractivity contribution in [1.29, 1.82) is 0 Å². The molecule has 3 aromatic rings. The van der Waals surface area contributed by atoms with Gasteiger partial charge in [-0.25, -0.2) is 9.97 Å². The molecule has 8 heteroatoms. The standard InChI is InChI=1S/C24H23N5O3/c1-12-6-15-9-18(27-17(15)7-13(12)2)19-10-21(32-29-19)14(3)8-20(30)23-16-4-5-22(31)28-24(16)26-11-25-23/h6-7,10-11,14H,4-5,8-9H2,1-3H3,(H,25,26,28,31)/t14-/m0/s1. The van der Waals surface area contributed by atoms with Crippen LogP contribution in [0, 0.1) is 13.8 Å². The van der Waals surface area contributed by atoms with E-state index in [0.29, 0.717) is 47.8 Å². The molecule has 0 bridgehead atoms. The molecule has 1 amide bonds. The largest absolute Gasteiger partial charge is 0.360 e. The molecule has 4 heterocycles. The first kappa shape index (κ1) is 20.2. The van der Waals surface area contributed by atoms with E-state index in [-0.39, 0.29) is 24.0 Å². The third-order valence-electron chi connectivity index (χ3n) is 6.18. The van der Waals surface area contributed by atoms with Crippen LogP contribution in [0.4, 0.5) is 11.5 Å². The lowest BCUT2D eigenvalue weighted by molar-refractivity contribution is -0.116. The quantitative estimate of drug-likeness (QED) is 0.614. The Morgan fingerprint density at radius 3 is 2.81 bits per heavy atom. The molecule has 1 aromatic carbocycles. The molecule has 2 aliphatic rings. The number of carbonyl (C=O) groups excluding carboxylic acids is 2. The Hall–Kier alpha value is -3.68. The third kappa shape index (κ3) is 3.62. The van der Waals surface area contributed by atoms with Crippen LogP contribution in [0.25, 0.3) is 0 Å². The zero-order valence-corrected chi connectivity index (χ0v) is 18.2. The van der Waals surface area contributed by atoms with Gasteiger partial charge in [0.1, 0.15) is 29.3 Å². The van der Waals surface area contributed by atoms with Crippen LogP contribution in [-0.2, 0) is 17.6 Å². The second-order valence-corrected chi connectivity index (χ2v) is 8.54. The number of aliphatic imine (C=N–C) groups is 1. The van der Waals surface area contributed by atoms with Gasteiger partial charge in [-0.3, -0.25) is 14.6 Å². The molecule has 0 spiro atoms. The third-order valence-corrected chi connectivity index (χ3v) is 6.18. The number of fused-ring (bicyclic) bond motifs is 2. The summed E-state index contributed by atoms with van der Waals surface area (Å²) in [4.78, 5) is 37.6. The van der Waals surface area contributed by atoms with Gasteiger partial charge in [0.25, 0.3) is 0 Å². The van der Waals surface area contributed by atoms with E-state index in [1.807, 2.05) is 13.0 Å². The molecule has 0 saturated carbocycles. The number of anilines is 1. The van der Waals surface area contributed by atoms with Gasteiger partial charge in [0.15, 0.2) is 5.78 Å². The lowest BCUT2D eigenvalue weighted by atomic mass is 9.95. The maximum absolute atomic E-state index is 13.0. The van der Waals surface area contributed by atoms with E-state index in [1.54, 1.807) is 0 Å². The Balaban J connectivity index is 1.32. The minimum absolute atomic E-state index is 0.0977. The monoisotopic (exact) mass is 429 g/mol. The summed E-state index contributed by atoms with van der Waals surface area (Å²) in [6.07, 6.45) is 3.04. The second-order valence-electron chi connectivity index (χ2n) is 8.54. The number of Topliss-reactive ketones (excluding diaryl/α,β-unsaturated/α-hetero) is 1. The summed E-state index contributed by atoms with van der Waals surface area (Å²) in [5.74, 6) is 0.678. The lowest BCUT2D eigenvalue weighted by Crippen LogP contribution is -2.23. The summed E-state index contributed by atoms with van der Waals surface area (Å²) in [5.41, 5.74) is 7.28. The molecule has 0 saturated heterocycles. The fourth-order valence-electron chi connectivity index (χ4n) is 4.18. The van der Waals surface area contributed by atoms with Gasteiger partial charge in [-0.15, -0.1) is 0 Å². The van der Waals surface area contributed by atoms with Crippen LogP contribution >= 0.6 is 0 Å². The predicted molar refractivity (Wildman–Crippen MR) is 119 cm³/mol. The SMILES string of the molecule is Cc1cc2c(cc1C)N=C(c1cc([C@@H](C)CC(=O)c3ncnc4c3CCC(=O)N4)on1)C2. The smallest absolute Gasteiger partial charge is 0.225 e. The van der Waals surface area contributed by atoms with Gasteiger partial charge in [-0.05, 0) is 43.0 Å². The van der Waals surface area contributed by atoms with Crippen molar-refractivity contribution in [2.45, 2.75) is 52.4 Å². The topological polar surface area (TPSA) is 110 Å². The Kier molecular flexibility index (Phi) is 4.92. The van der Waals surface area contributed by atoms with Crippen molar-refractivity contribution in [2.24, 2.45) is 4.99 Å². The molecule has 0 radical (unpaired) electrons. The summed E-state index contributed by atoms with van der Waals surface area (Å²) < 4.78 is 5.58. The molecular formula is C24H23N5O3. The number of benzene rings is 1. The number of nitrogens with one attached hydrogen (secondary N) is 1. The highest BCUT2D eigenvalue weighted by atomic mass is 16.5. The van der Waals surface area contributed by atoms with Crippen LogP contribution in [0.3, 0.4) is 0 Å². The number of carbonyl (C=O) groups is 2. The lowest BCUT2D eigenvalue weighted by Gasteiger charge is -2.17. The molecule has 0 fully saturated rings. The van der Waals surface area contributed by atoms with Crippen molar-refractivity contribution in [3.63, 3.8) is 0 Å². The Labute approximate surface area is 185 Å². The Bertz CT molecular complexity index is 1290. The van der Waals surface area contributed by atoms with E-state index in [4.69, 9.17) is 9.52 Å². The van der Waals surface area contributed by atoms with Crippen LogP contribution in [0.5, 0.6) is 0 Å². The number of nitrogens with zero attached hydrogens (tertiary/aromatic N) is 4. The predicted octanol–water partition coefficient (Wildman–Crippen LogP) is 4.02. The van der Waals surface area contributed by atoms with E-state index in [2.05, 4.69) is 46.4 Å². The number of ketones is 1. The molecule has 162 valence electrons. The normalized spacial score (nSPS) is 15.6. The van der Waals surface area contributed by atoms with Gasteiger partial charge in [-0.2, -0.15) is 0 Å². The Morgan fingerprint density at radius 1 is 1.16 bits per heavy atom. The van der Waals surface area contributed by atoms with Gasteiger partial charge in [-0.1, -0.05) is 18.1 Å². The van der Waals surface area contributed by atoms with Crippen LogP contribution in [0.1, 0.15) is 69.9 Å². The molecule has 8 nitrogen and oxygen atoms in total. The minimum atomic E-state index is -0.179. The molecule has 1 atom stereocenters. The highest BCUT2D eigenvalue weighted by molar-refractivity contribution is 6.05. The van der Waals surface area contributed by atoms with Crippen molar-refractivity contribution in [3.05, 3.63) is 63.9 Å². The molecule has 0 aliphatic carbocycles. The van der Waals surface area contributed by atoms with Crippen molar-refractivity contribution in [1.82, 2.24) is 15.1 Å². The number of aryl methyl sites for hydroxylation is 2. The van der Waals surface area contributed by atoms with Crippen LogP contribution in [0.15, 0.2) is 34.0 Å². The van der Waals surface area contributed by atoms with Gasteiger partial charge in [0, 0.05) is 36.8 Å². The van der Waals surface area contributed by atoms with Crippen molar-refractivity contribution >= 4 is 28.9 Å². The zero-order valence-electron chi connectivity index (χ0n) is 18.2. The van der Waals surface area contributed by atoms with E-state index in [9.17, 15) is 9.59 Å². The van der Waals surface area contributed by atoms with E-state index >= 15 is 0 Å². The maximum atomic E-state index is 13.0. The van der Waals surface area contributed by atoms with Crippen LogP contribution < -0.4 is 5.32 Å². The van der Waals surface area contributed by atoms with Crippen molar-refractivity contribution < 1.29 is 14.1 Å². The molecule has 1 N–H and O–H groups in total. The number of hydrogen-bond donors (Lipinski definition) is 1. The first-order valence-electron chi connectivity index (χ1n) is 10.7. The summed E-state index contributed by atoms with van der Waals surface area (Å²) in [6.45, 7) is 6.11. The average molecular weight is 429 g/mol. The van der Waals surface area contributed by atoms with Crippen LogP contribution in [-0.4, -0.2) is 32.5 Å². The molecule has 32 heavy (non-hydrogen) atoms. The summed E-state index contributed by atoms with van der Waals surface area (Å²) in [7, 11) is 0. The van der Waals surface area contributed by atoms with Crippen molar-refractivity contribution in [3.8, 4) is 0 Å². The second kappa shape index (κ2) is 7.78. The minimum Gasteiger partial charge on any atom is -0.360 e. The fourth-order valence-corrected chi connectivity index (χ4v) is 4.18. The zero-order chi connectivity index (χ0) is 22.4. The number of aromatic nitrogens is 3. The number of amides is 1. The highest BCUT2D eigenvalue weighted by Crippen LogP contribution is 2.32. The van der Waals surface area contributed by atoms with Gasteiger partial charge < -0.3 is 9.84 Å². The van der Waals surface area contributed by atoms with Crippen LogP contribution in [0.2, 0.25) is 0 Å². The van der Waals surface area contributed by atoms with E-state index < -0.39 is 0 Å². The summed E-state index contributed by atoms with van der Waals surface area (Å²) >= 11 is 0. The average Bonchev–Trinajstić information content (AvgIpc) is 3.40. The maximum Gasteiger partial charge on any atom is 0.225 e. The molecule has 2 aromatic heterocycles. The number of hydrogen-bond acceptors (Lipinski definition) is 7. The highest BCUT2D eigenvalue weighted by Gasteiger charge is 2.26. The van der Waals surface area contributed by atoms with E-state index in [1.165, 1.54) is 23.0 Å². The molecule has 2 aliphatic heterocycles. The molecular weight excluding hydrogens is 406 g/mol. The molecule has 0 unspecified atom stereocenters. The summed E-state index contributed by atoms with van der Waals surface area (Å²) in [5, 5.41) is 6.92. The number of rotatable bonds is 5. The fraction of sp³-hybridized carbons (Fsp3) is 0.333. The van der Waals surface area contributed by atoms with Gasteiger partial charge >= 0.3 is 0 Å². The van der Waals surface area contributed by atoms with Gasteiger partial charge in [0.2, 0.25) is 5.91 Å². The summed E-state index contributed by atoms with van der Waals surface area (Å²) in [6, 6.07) is 6.15. The van der Waals surface area contributed by atoms with Gasteiger partial charge in [0.05, 0.1) is 11.4 Å². The first-order valence-corrected chi connectivity index (χ1v) is 10.7. The molecule has 5 rings (SSSR count). The first-order chi connectivity index (χ1) is 15.4. The van der Waals surface area contributed by atoms with E-state index in [0.717, 1.165) is 11.4 Å².